The maximum absolute atomic E-state index is 12.5. The van der Waals surface area contributed by atoms with Crippen LogP contribution in [0.3, 0.4) is 0 Å². The fraction of sp³-hybridized carbons (Fsp3) is 0.368. The molecular formula is C19H23N3O2. The van der Waals surface area contributed by atoms with E-state index in [9.17, 15) is 9.59 Å². The summed E-state index contributed by atoms with van der Waals surface area (Å²) in [7, 11) is 4.10. The summed E-state index contributed by atoms with van der Waals surface area (Å²) in [5, 5.41) is 2.89. The topological polar surface area (TPSA) is 65.2 Å². The summed E-state index contributed by atoms with van der Waals surface area (Å²) in [6, 6.07) is 7.86. The van der Waals surface area contributed by atoms with Crippen molar-refractivity contribution >= 4 is 17.4 Å². The van der Waals surface area contributed by atoms with Crippen LogP contribution in [-0.2, 0) is 12.8 Å². The van der Waals surface area contributed by atoms with Gasteiger partial charge in [0.05, 0.1) is 11.1 Å². The molecule has 0 unspecified atom stereocenters. The van der Waals surface area contributed by atoms with Gasteiger partial charge in [0, 0.05) is 30.5 Å². The van der Waals surface area contributed by atoms with Crippen molar-refractivity contribution in [2.75, 3.05) is 26.0 Å². The van der Waals surface area contributed by atoms with Crippen LogP contribution in [0.4, 0.5) is 5.69 Å². The third-order valence-electron chi connectivity index (χ3n) is 4.38. The van der Waals surface area contributed by atoms with Crippen molar-refractivity contribution in [3.63, 3.8) is 0 Å². The van der Waals surface area contributed by atoms with E-state index in [1.54, 1.807) is 6.20 Å². The number of aromatic amines is 1. The summed E-state index contributed by atoms with van der Waals surface area (Å²) in [6.45, 7) is 0.989. The second-order valence-corrected chi connectivity index (χ2v) is 6.54. The molecule has 2 aromatic rings. The number of Topliss-reactive ketones (excluding diaryl/α,β-unsaturated/α-hetero) is 1. The van der Waals surface area contributed by atoms with Crippen LogP contribution in [0.15, 0.2) is 30.5 Å². The number of carbonyl (C=O) groups excluding carboxylic acids is 2. The van der Waals surface area contributed by atoms with E-state index in [1.165, 1.54) is 5.56 Å². The van der Waals surface area contributed by atoms with Crippen LogP contribution >= 0.6 is 0 Å². The SMILES string of the molecule is CN(C)CCc1ccc(NC(=O)c2c[nH]c3c2C(=O)CCC3)cc1. The third kappa shape index (κ3) is 3.57. The van der Waals surface area contributed by atoms with Crippen LogP contribution in [0.25, 0.3) is 0 Å². The van der Waals surface area contributed by atoms with E-state index in [1.807, 2.05) is 38.4 Å². The second kappa shape index (κ2) is 7.01. The van der Waals surface area contributed by atoms with Gasteiger partial charge in [-0.2, -0.15) is 0 Å². The predicted octanol–water partition coefficient (Wildman–Crippen LogP) is 2.89. The van der Waals surface area contributed by atoms with Crippen molar-refractivity contribution in [2.24, 2.45) is 0 Å². The Morgan fingerprint density at radius 2 is 1.96 bits per heavy atom. The Labute approximate surface area is 142 Å². The van der Waals surface area contributed by atoms with E-state index in [-0.39, 0.29) is 11.7 Å². The molecule has 24 heavy (non-hydrogen) atoms. The summed E-state index contributed by atoms with van der Waals surface area (Å²) < 4.78 is 0. The number of benzene rings is 1. The standard InChI is InChI=1S/C19H23N3O2/c1-22(2)11-10-13-6-8-14(9-7-13)21-19(24)15-12-20-16-4-3-5-17(23)18(15)16/h6-9,12,20H,3-5,10-11H2,1-2H3,(H,21,24). The quantitative estimate of drug-likeness (QED) is 0.888. The van der Waals surface area contributed by atoms with Gasteiger partial charge in [-0.05, 0) is 51.1 Å². The summed E-state index contributed by atoms with van der Waals surface area (Å²) in [5.74, 6) is -0.175. The lowest BCUT2D eigenvalue weighted by Gasteiger charge is -2.12. The summed E-state index contributed by atoms with van der Waals surface area (Å²) in [5.41, 5.74) is 3.88. The molecule has 0 fully saturated rings. The predicted molar refractivity (Wildman–Crippen MR) is 94.7 cm³/mol. The van der Waals surface area contributed by atoms with Crippen LogP contribution in [0.1, 0.15) is 44.8 Å². The maximum atomic E-state index is 12.5. The Balaban J connectivity index is 1.69. The molecule has 3 rings (SSSR count). The van der Waals surface area contributed by atoms with Crippen molar-refractivity contribution in [1.29, 1.82) is 0 Å². The number of fused-ring (bicyclic) bond motifs is 1. The number of carbonyl (C=O) groups is 2. The van der Waals surface area contributed by atoms with Gasteiger partial charge in [0.2, 0.25) is 0 Å². The van der Waals surface area contributed by atoms with Crippen molar-refractivity contribution < 1.29 is 9.59 Å². The van der Waals surface area contributed by atoms with Crippen LogP contribution in [0.2, 0.25) is 0 Å². The lowest BCUT2D eigenvalue weighted by Crippen LogP contribution is -2.18. The van der Waals surface area contributed by atoms with Gasteiger partial charge in [-0.1, -0.05) is 12.1 Å². The number of rotatable bonds is 5. The number of hydrogen-bond donors (Lipinski definition) is 2. The smallest absolute Gasteiger partial charge is 0.257 e. The van der Waals surface area contributed by atoms with Gasteiger partial charge in [-0.3, -0.25) is 9.59 Å². The van der Waals surface area contributed by atoms with Crippen LogP contribution in [0, 0.1) is 0 Å². The van der Waals surface area contributed by atoms with Gasteiger partial charge in [-0.15, -0.1) is 0 Å². The zero-order chi connectivity index (χ0) is 17.1. The van der Waals surface area contributed by atoms with Gasteiger partial charge in [-0.25, -0.2) is 0 Å². The molecule has 0 radical (unpaired) electrons. The molecule has 1 aromatic heterocycles. The van der Waals surface area contributed by atoms with Gasteiger partial charge < -0.3 is 15.2 Å². The number of amides is 1. The monoisotopic (exact) mass is 325 g/mol. The number of H-pyrrole nitrogens is 1. The van der Waals surface area contributed by atoms with Gasteiger partial charge in [0.25, 0.3) is 5.91 Å². The molecule has 1 aliphatic carbocycles. The number of likely N-dealkylation sites (N-methyl/N-ethyl adjacent to an activating group) is 1. The molecule has 0 saturated carbocycles. The third-order valence-corrected chi connectivity index (χ3v) is 4.38. The Morgan fingerprint density at radius 3 is 2.67 bits per heavy atom. The lowest BCUT2D eigenvalue weighted by atomic mass is 9.93. The minimum atomic E-state index is -0.233. The Kier molecular flexibility index (Phi) is 4.81. The first kappa shape index (κ1) is 16.5. The number of aromatic nitrogens is 1. The van der Waals surface area contributed by atoms with E-state index < -0.39 is 0 Å². The average molecular weight is 325 g/mol. The normalized spacial score (nSPS) is 13.9. The van der Waals surface area contributed by atoms with E-state index in [0.29, 0.717) is 17.5 Å². The zero-order valence-corrected chi connectivity index (χ0v) is 14.2. The first-order valence-corrected chi connectivity index (χ1v) is 8.33. The largest absolute Gasteiger partial charge is 0.364 e. The molecule has 2 N–H and O–H groups in total. The minimum Gasteiger partial charge on any atom is -0.364 e. The molecule has 0 bridgehead atoms. The van der Waals surface area contributed by atoms with Crippen molar-refractivity contribution in [3.8, 4) is 0 Å². The molecule has 1 aromatic carbocycles. The Bertz CT molecular complexity index is 744. The first-order chi connectivity index (χ1) is 11.5. The molecule has 1 amide bonds. The highest BCUT2D eigenvalue weighted by Crippen LogP contribution is 2.24. The Hall–Kier alpha value is -2.40. The highest BCUT2D eigenvalue weighted by Gasteiger charge is 2.25. The minimum absolute atomic E-state index is 0.0571. The van der Waals surface area contributed by atoms with Gasteiger partial charge >= 0.3 is 0 Å². The maximum Gasteiger partial charge on any atom is 0.257 e. The first-order valence-electron chi connectivity index (χ1n) is 8.33. The van der Waals surface area contributed by atoms with E-state index >= 15 is 0 Å². The summed E-state index contributed by atoms with van der Waals surface area (Å²) >= 11 is 0. The molecule has 5 nitrogen and oxygen atoms in total. The second-order valence-electron chi connectivity index (χ2n) is 6.54. The van der Waals surface area contributed by atoms with Crippen LogP contribution in [-0.4, -0.2) is 42.2 Å². The number of ketones is 1. The average Bonchev–Trinajstić information content (AvgIpc) is 3.00. The number of anilines is 1. The number of nitrogens with zero attached hydrogens (tertiary/aromatic N) is 1. The van der Waals surface area contributed by atoms with Crippen molar-refractivity contribution in [3.05, 3.63) is 52.8 Å². The van der Waals surface area contributed by atoms with Crippen LogP contribution < -0.4 is 5.32 Å². The Morgan fingerprint density at radius 1 is 1.21 bits per heavy atom. The molecular weight excluding hydrogens is 302 g/mol. The summed E-state index contributed by atoms with van der Waals surface area (Å²) in [6.07, 6.45) is 4.82. The molecule has 0 saturated heterocycles. The molecule has 1 aliphatic rings. The lowest BCUT2D eigenvalue weighted by molar-refractivity contribution is 0.0956. The van der Waals surface area contributed by atoms with Crippen molar-refractivity contribution in [2.45, 2.75) is 25.7 Å². The fourth-order valence-electron chi connectivity index (χ4n) is 3.02. The van der Waals surface area contributed by atoms with Crippen molar-refractivity contribution in [1.82, 2.24) is 9.88 Å². The van der Waals surface area contributed by atoms with Crippen LogP contribution in [0.5, 0.6) is 0 Å². The number of hydrogen-bond acceptors (Lipinski definition) is 3. The molecule has 126 valence electrons. The number of nitrogens with one attached hydrogen (secondary N) is 2. The molecule has 0 aliphatic heterocycles. The van der Waals surface area contributed by atoms with E-state index in [0.717, 1.165) is 37.2 Å². The fourth-order valence-corrected chi connectivity index (χ4v) is 3.02. The highest BCUT2D eigenvalue weighted by atomic mass is 16.2. The van der Waals surface area contributed by atoms with E-state index in [2.05, 4.69) is 15.2 Å². The van der Waals surface area contributed by atoms with Gasteiger partial charge in [0.15, 0.2) is 5.78 Å². The highest BCUT2D eigenvalue weighted by molar-refractivity contribution is 6.13. The molecule has 1 heterocycles. The molecule has 5 heteroatoms. The van der Waals surface area contributed by atoms with Gasteiger partial charge in [0.1, 0.15) is 0 Å². The van der Waals surface area contributed by atoms with E-state index in [4.69, 9.17) is 0 Å². The number of aryl methyl sites for hydroxylation is 1. The zero-order valence-electron chi connectivity index (χ0n) is 14.2. The molecule has 0 atom stereocenters. The molecule has 0 spiro atoms. The summed E-state index contributed by atoms with van der Waals surface area (Å²) in [4.78, 5) is 29.8.